The summed E-state index contributed by atoms with van der Waals surface area (Å²) in [6.45, 7) is 7.40. The Kier molecular flexibility index (Phi) is 8.31. The van der Waals surface area contributed by atoms with Crippen LogP contribution in [0.25, 0.3) is 0 Å². The highest BCUT2D eigenvalue weighted by molar-refractivity contribution is 5.77. The topological polar surface area (TPSA) is 85.9 Å². The van der Waals surface area contributed by atoms with Crippen molar-refractivity contribution in [3.8, 4) is 11.5 Å². The standard InChI is InChI=1S/C9H9FO3.C9H18N2O2/c1-12-8-3-6(5-11)7(10)4-9(8)13-2;1-9(2,3)13-8(12)11-7-4-5-10-6-7/h3-5H,1-2H3;7,10H,4-6H2,1-3H3,(H,11,12). The van der Waals surface area contributed by atoms with E-state index in [-0.39, 0.29) is 23.4 Å². The molecule has 1 aromatic carbocycles. The summed E-state index contributed by atoms with van der Waals surface area (Å²) >= 11 is 0. The van der Waals surface area contributed by atoms with E-state index < -0.39 is 11.4 Å². The molecule has 7 nitrogen and oxygen atoms in total. The molecule has 1 heterocycles. The average Bonchev–Trinajstić information content (AvgIpc) is 3.06. The second kappa shape index (κ2) is 9.96. The Hall–Kier alpha value is -2.35. The van der Waals surface area contributed by atoms with Crippen LogP contribution >= 0.6 is 0 Å². The molecule has 1 atom stereocenters. The first kappa shape index (κ1) is 21.7. The summed E-state index contributed by atoms with van der Waals surface area (Å²) in [5, 5.41) is 5.98. The number of alkyl carbamates (subject to hydrolysis) is 1. The molecule has 1 amide bonds. The Morgan fingerprint density at radius 3 is 2.35 bits per heavy atom. The minimum absolute atomic E-state index is 0.0438. The second-order valence-corrected chi connectivity index (χ2v) is 6.68. The molecule has 1 fully saturated rings. The molecule has 8 heteroatoms. The van der Waals surface area contributed by atoms with E-state index in [9.17, 15) is 14.0 Å². The van der Waals surface area contributed by atoms with Crippen molar-refractivity contribution in [3.63, 3.8) is 0 Å². The lowest BCUT2D eigenvalue weighted by atomic mass is 10.2. The van der Waals surface area contributed by atoms with E-state index >= 15 is 0 Å². The number of ether oxygens (including phenoxy) is 3. The van der Waals surface area contributed by atoms with Gasteiger partial charge in [0.25, 0.3) is 0 Å². The van der Waals surface area contributed by atoms with Gasteiger partial charge in [0, 0.05) is 18.7 Å². The SMILES string of the molecule is CC(C)(C)OC(=O)NC1CCNC1.COc1cc(F)c(C=O)cc1OC. The fraction of sp³-hybridized carbons (Fsp3) is 0.556. The number of benzene rings is 1. The summed E-state index contributed by atoms with van der Waals surface area (Å²) in [5.74, 6) is -0.00995. The number of nitrogens with one attached hydrogen (secondary N) is 2. The third-order valence-electron chi connectivity index (χ3n) is 3.41. The van der Waals surface area contributed by atoms with Crippen molar-refractivity contribution in [3.05, 3.63) is 23.5 Å². The molecule has 1 saturated heterocycles. The van der Waals surface area contributed by atoms with Gasteiger partial charge in [0.1, 0.15) is 11.4 Å². The van der Waals surface area contributed by atoms with E-state index in [0.29, 0.717) is 12.0 Å². The largest absolute Gasteiger partial charge is 0.493 e. The highest BCUT2D eigenvalue weighted by atomic mass is 19.1. The summed E-state index contributed by atoms with van der Waals surface area (Å²) in [4.78, 5) is 21.6. The van der Waals surface area contributed by atoms with Crippen molar-refractivity contribution < 1.29 is 28.2 Å². The van der Waals surface area contributed by atoms with Gasteiger partial charge in [0.05, 0.1) is 19.8 Å². The number of hydrogen-bond donors (Lipinski definition) is 2. The van der Waals surface area contributed by atoms with Gasteiger partial charge in [0.15, 0.2) is 17.8 Å². The number of carbonyl (C=O) groups excluding carboxylic acids is 2. The zero-order valence-corrected chi connectivity index (χ0v) is 15.8. The summed E-state index contributed by atoms with van der Waals surface area (Å²) in [5.41, 5.74) is -0.450. The van der Waals surface area contributed by atoms with Gasteiger partial charge in [-0.2, -0.15) is 0 Å². The molecule has 2 N–H and O–H groups in total. The summed E-state index contributed by atoms with van der Waals surface area (Å²) in [6, 6.07) is 2.64. The van der Waals surface area contributed by atoms with Crippen molar-refractivity contribution >= 4 is 12.4 Å². The molecule has 0 spiro atoms. The number of halogens is 1. The smallest absolute Gasteiger partial charge is 0.407 e. The summed E-state index contributed by atoms with van der Waals surface area (Å²) in [6.07, 6.45) is 1.09. The van der Waals surface area contributed by atoms with E-state index in [1.54, 1.807) is 0 Å². The highest BCUT2D eigenvalue weighted by Gasteiger charge is 2.21. The van der Waals surface area contributed by atoms with Crippen LogP contribution in [0, 0.1) is 5.82 Å². The van der Waals surface area contributed by atoms with Crippen molar-refractivity contribution in [2.24, 2.45) is 0 Å². The number of aldehydes is 1. The zero-order chi connectivity index (χ0) is 19.7. The van der Waals surface area contributed by atoms with Crippen LogP contribution in [0.3, 0.4) is 0 Å². The van der Waals surface area contributed by atoms with Gasteiger partial charge in [-0.05, 0) is 39.8 Å². The molecule has 1 unspecified atom stereocenters. The Bertz CT molecular complexity index is 610. The lowest BCUT2D eigenvalue weighted by Crippen LogP contribution is -2.40. The molecular weight excluding hydrogens is 343 g/mol. The maximum atomic E-state index is 13.0. The van der Waals surface area contributed by atoms with E-state index in [1.165, 1.54) is 20.3 Å². The van der Waals surface area contributed by atoms with Gasteiger partial charge in [-0.15, -0.1) is 0 Å². The van der Waals surface area contributed by atoms with E-state index in [0.717, 1.165) is 25.6 Å². The van der Waals surface area contributed by atoms with E-state index in [2.05, 4.69) is 10.6 Å². The fourth-order valence-corrected chi connectivity index (χ4v) is 2.21. The molecular formula is C18H27FN2O5. The van der Waals surface area contributed by atoms with E-state index in [1.807, 2.05) is 20.8 Å². The summed E-state index contributed by atoms with van der Waals surface area (Å²) < 4.78 is 27.8. The monoisotopic (exact) mass is 370 g/mol. The Morgan fingerprint density at radius 2 is 1.88 bits per heavy atom. The Labute approximate surface area is 153 Å². The molecule has 146 valence electrons. The highest BCUT2D eigenvalue weighted by Crippen LogP contribution is 2.28. The van der Waals surface area contributed by atoms with Gasteiger partial charge in [-0.1, -0.05) is 0 Å². The average molecular weight is 370 g/mol. The van der Waals surface area contributed by atoms with Crippen LogP contribution in [-0.2, 0) is 4.74 Å². The van der Waals surface area contributed by atoms with Gasteiger partial charge in [-0.25, -0.2) is 9.18 Å². The van der Waals surface area contributed by atoms with Crippen molar-refractivity contribution in [1.82, 2.24) is 10.6 Å². The van der Waals surface area contributed by atoms with Gasteiger partial charge >= 0.3 is 6.09 Å². The maximum absolute atomic E-state index is 13.0. The molecule has 1 aromatic rings. The lowest BCUT2D eigenvalue weighted by Gasteiger charge is -2.21. The molecule has 0 saturated carbocycles. The quantitative estimate of drug-likeness (QED) is 0.792. The predicted octanol–water partition coefficient (Wildman–Crippen LogP) is 2.53. The van der Waals surface area contributed by atoms with Crippen LogP contribution in [0.4, 0.5) is 9.18 Å². The molecule has 0 radical (unpaired) electrons. The van der Waals surface area contributed by atoms with Crippen LogP contribution in [0.5, 0.6) is 11.5 Å². The van der Waals surface area contributed by atoms with Crippen LogP contribution in [0.2, 0.25) is 0 Å². The number of rotatable bonds is 4. The molecule has 1 aliphatic rings. The molecule has 26 heavy (non-hydrogen) atoms. The Balaban J connectivity index is 0.000000260. The molecule has 0 aromatic heterocycles. The van der Waals surface area contributed by atoms with Crippen molar-refractivity contribution in [2.45, 2.75) is 38.8 Å². The van der Waals surface area contributed by atoms with Crippen LogP contribution in [-0.4, -0.2) is 51.3 Å². The van der Waals surface area contributed by atoms with E-state index in [4.69, 9.17) is 14.2 Å². The maximum Gasteiger partial charge on any atom is 0.407 e. The second-order valence-electron chi connectivity index (χ2n) is 6.68. The van der Waals surface area contributed by atoms with Gasteiger partial charge in [-0.3, -0.25) is 4.79 Å². The molecule has 1 aliphatic heterocycles. The fourth-order valence-electron chi connectivity index (χ4n) is 2.21. The lowest BCUT2D eigenvalue weighted by molar-refractivity contribution is 0.0508. The Morgan fingerprint density at radius 1 is 1.27 bits per heavy atom. The zero-order valence-electron chi connectivity index (χ0n) is 15.8. The first-order chi connectivity index (χ1) is 12.2. The van der Waals surface area contributed by atoms with Gasteiger partial charge < -0.3 is 24.8 Å². The van der Waals surface area contributed by atoms with Crippen molar-refractivity contribution in [1.29, 1.82) is 0 Å². The first-order valence-corrected chi connectivity index (χ1v) is 8.27. The van der Waals surface area contributed by atoms with Gasteiger partial charge in [0.2, 0.25) is 0 Å². The minimum Gasteiger partial charge on any atom is -0.493 e. The van der Waals surface area contributed by atoms with Crippen LogP contribution < -0.4 is 20.1 Å². The number of methoxy groups -OCH3 is 2. The van der Waals surface area contributed by atoms with Crippen LogP contribution in [0.15, 0.2) is 12.1 Å². The number of hydrogen-bond acceptors (Lipinski definition) is 6. The molecule has 0 bridgehead atoms. The third kappa shape index (κ3) is 7.26. The van der Waals surface area contributed by atoms with Crippen LogP contribution in [0.1, 0.15) is 37.6 Å². The third-order valence-corrected chi connectivity index (χ3v) is 3.41. The van der Waals surface area contributed by atoms with Crippen molar-refractivity contribution in [2.75, 3.05) is 27.3 Å². The summed E-state index contributed by atoms with van der Waals surface area (Å²) in [7, 11) is 2.82. The minimum atomic E-state index is -0.618. The molecule has 2 rings (SSSR count). The predicted molar refractivity (Wildman–Crippen MR) is 95.5 cm³/mol. The number of carbonyl (C=O) groups is 2. The normalized spacial score (nSPS) is 16.2. The first-order valence-electron chi connectivity index (χ1n) is 8.27. The number of amides is 1. The molecule has 0 aliphatic carbocycles.